The number of hydrogen-bond acceptors (Lipinski definition) is 3. The number of rotatable bonds is 7. The first-order chi connectivity index (χ1) is 13.5. The third kappa shape index (κ3) is 4.46. The molecule has 0 fully saturated rings. The molecule has 2 N–H and O–H groups in total. The Bertz CT molecular complexity index is 976. The summed E-state index contributed by atoms with van der Waals surface area (Å²) in [5, 5.41) is 16.4. The third-order valence-corrected chi connectivity index (χ3v) is 4.45. The van der Waals surface area contributed by atoms with Gasteiger partial charge in [-0.15, -0.1) is 0 Å². The van der Waals surface area contributed by atoms with E-state index in [4.69, 9.17) is 5.11 Å². The van der Waals surface area contributed by atoms with E-state index < -0.39 is 5.97 Å². The molecule has 3 rings (SSSR count). The summed E-state index contributed by atoms with van der Waals surface area (Å²) in [5.41, 5.74) is 4.59. The summed E-state index contributed by atoms with van der Waals surface area (Å²) in [6.45, 7) is 3.92. The van der Waals surface area contributed by atoms with Gasteiger partial charge in [-0.1, -0.05) is 48.0 Å². The molecule has 144 valence electrons. The molecule has 2 aromatic carbocycles. The monoisotopic (exact) mass is 377 g/mol. The number of carboxylic acids is 1. The van der Waals surface area contributed by atoms with Crippen LogP contribution in [0.1, 0.15) is 30.5 Å². The highest BCUT2D eigenvalue weighted by Crippen LogP contribution is 2.33. The fourth-order valence-corrected chi connectivity index (χ4v) is 3.06. The van der Waals surface area contributed by atoms with Gasteiger partial charge in [-0.3, -0.25) is 9.59 Å². The standard InChI is InChI=1S/C22H23N3O3/c1-15-11-13-18(14-12-15)25-22(23-19(26)9-6-10-20(27)28)21(16(2)24-25)17-7-4-3-5-8-17/h3-5,7-8,11-14H,6,9-10H2,1-2H3,(H,23,26)(H,27,28). The van der Waals surface area contributed by atoms with Crippen molar-refractivity contribution in [2.24, 2.45) is 0 Å². The number of carbonyl (C=O) groups is 2. The number of anilines is 1. The smallest absolute Gasteiger partial charge is 0.303 e. The molecule has 0 saturated heterocycles. The summed E-state index contributed by atoms with van der Waals surface area (Å²) in [5.74, 6) is -0.544. The van der Waals surface area contributed by atoms with Gasteiger partial charge in [0.2, 0.25) is 5.91 Å². The minimum atomic E-state index is -0.904. The predicted octanol–water partition coefficient (Wildman–Crippen LogP) is 4.35. The van der Waals surface area contributed by atoms with Crippen LogP contribution in [-0.4, -0.2) is 26.8 Å². The van der Waals surface area contributed by atoms with Crippen molar-refractivity contribution in [2.75, 3.05) is 5.32 Å². The molecule has 1 heterocycles. The van der Waals surface area contributed by atoms with E-state index in [1.54, 1.807) is 4.68 Å². The molecule has 0 spiro atoms. The average molecular weight is 377 g/mol. The van der Waals surface area contributed by atoms with Crippen LogP contribution in [-0.2, 0) is 9.59 Å². The van der Waals surface area contributed by atoms with Crippen LogP contribution in [0.5, 0.6) is 0 Å². The lowest BCUT2D eigenvalue weighted by molar-refractivity contribution is -0.137. The molecule has 1 aromatic heterocycles. The van der Waals surface area contributed by atoms with Crippen molar-refractivity contribution in [3.05, 3.63) is 65.9 Å². The molecule has 0 atom stereocenters. The summed E-state index contributed by atoms with van der Waals surface area (Å²) in [6, 6.07) is 17.7. The van der Waals surface area contributed by atoms with Crippen LogP contribution in [0.4, 0.5) is 5.82 Å². The molecule has 0 aliphatic heterocycles. The first kappa shape index (κ1) is 19.4. The number of aromatic nitrogens is 2. The molecule has 0 radical (unpaired) electrons. The van der Waals surface area contributed by atoms with Crippen LogP contribution in [0.25, 0.3) is 16.8 Å². The lowest BCUT2D eigenvalue weighted by Gasteiger charge is -2.12. The summed E-state index contributed by atoms with van der Waals surface area (Å²) in [6.07, 6.45) is 0.396. The number of carbonyl (C=O) groups excluding carboxylic acids is 1. The average Bonchev–Trinajstić information content (AvgIpc) is 2.98. The number of hydrogen-bond donors (Lipinski definition) is 2. The fraction of sp³-hybridized carbons (Fsp3) is 0.227. The minimum absolute atomic E-state index is 0.0325. The topological polar surface area (TPSA) is 84.2 Å². The first-order valence-electron chi connectivity index (χ1n) is 9.19. The molecule has 28 heavy (non-hydrogen) atoms. The number of carboxylic acid groups (broad SMARTS) is 1. The van der Waals surface area contributed by atoms with Crippen LogP contribution < -0.4 is 5.32 Å². The molecule has 6 heteroatoms. The number of aryl methyl sites for hydroxylation is 2. The van der Waals surface area contributed by atoms with Crippen molar-refractivity contribution in [2.45, 2.75) is 33.1 Å². The molecule has 0 bridgehead atoms. The van der Waals surface area contributed by atoms with Gasteiger partial charge in [0.25, 0.3) is 0 Å². The number of nitrogens with zero attached hydrogens (tertiary/aromatic N) is 2. The lowest BCUT2D eigenvalue weighted by atomic mass is 10.1. The molecule has 0 saturated carbocycles. The predicted molar refractivity (Wildman–Crippen MR) is 109 cm³/mol. The van der Waals surface area contributed by atoms with E-state index in [2.05, 4.69) is 10.4 Å². The van der Waals surface area contributed by atoms with Crippen molar-refractivity contribution in [3.8, 4) is 16.8 Å². The zero-order valence-corrected chi connectivity index (χ0v) is 16.0. The van der Waals surface area contributed by atoms with Gasteiger partial charge in [-0.2, -0.15) is 5.10 Å². The van der Waals surface area contributed by atoms with E-state index in [-0.39, 0.29) is 18.7 Å². The Morgan fingerprint density at radius 1 is 1.00 bits per heavy atom. The highest BCUT2D eigenvalue weighted by Gasteiger charge is 2.20. The van der Waals surface area contributed by atoms with Gasteiger partial charge in [-0.05, 0) is 38.0 Å². The van der Waals surface area contributed by atoms with E-state index in [0.717, 1.165) is 28.1 Å². The van der Waals surface area contributed by atoms with Crippen LogP contribution in [0.3, 0.4) is 0 Å². The highest BCUT2D eigenvalue weighted by molar-refractivity contribution is 5.95. The SMILES string of the molecule is Cc1ccc(-n2nc(C)c(-c3ccccc3)c2NC(=O)CCCC(=O)O)cc1. The van der Waals surface area contributed by atoms with Crippen molar-refractivity contribution in [3.63, 3.8) is 0 Å². The van der Waals surface area contributed by atoms with Crippen molar-refractivity contribution in [1.82, 2.24) is 9.78 Å². The van der Waals surface area contributed by atoms with E-state index in [0.29, 0.717) is 12.2 Å². The normalized spacial score (nSPS) is 10.6. The molecule has 6 nitrogen and oxygen atoms in total. The minimum Gasteiger partial charge on any atom is -0.481 e. The zero-order chi connectivity index (χ0) is 20.1. The molecular weight excluding hydrogens is 354 g/mol. The Labute approximate surface area is 163 Å². The molecular formula is C22H23N3O3. The van der Waals surface area contributed by atoms with Gasteiger partial charge in [0.05, 0.1) is 11.4 Å². The molecule has 0 aliphatic carbocycles. The van der Waals surface area contributed by atoms with Gasteiger partial charge in [0.1, 0.15) is 5.82 Å². The van der Waals surface area contributed by atoms with Crippen molar-refractivity contribution >= 4 is 17.7 Å². The summed E-state index contributed by atoms with van der Waals surface area (Å²) in [7, 11) is 0. The number of nitrogens with one attached hydrogen (secondary N) is 1. The van der Waals surface area contributed by atoms with Crippen molar-refractivity contribution in [1.29, 1.82) is 0 Å². The molecule has 0 unspecified atom stereocenters. The Morgan fingerprint density at radius 2 is 1.68 bits per heavy atom. The molecule has 3 aromatic rings. The van der Waals surface area contributed by atoms with Gasteiger partial charge < -0.3 is 10.4 Å². The van der Waals surface area contributed by atoms with Gasteiger partial charge in [-0.25, -0.2) is 4.68 Å². The van der Waals surface area contributed by atoms with E-state index in [1.165, 1.54) is 0 Å². The second kappa shape index (κ2) is 8.52. The van der Waals surface area contributed by atoms with Crippen LogP contribution in [0.15, 0.2) is 54.6 Å². The molecule has 0 aliphatic rings. The largest absolute Gasteiger partial charge is 0.481 e. The van der Waals surface area contributed by atoms with E-state index in [1.807, 2.05) is 68.4 Å². The fourth-order valence-electron chi connectivity index (χ4n) is 3.06. The summed E-state index contributed by atoms with van der Waals surface area (Å²) < 4.78 is 1.73. The summed E-state index contributed by atoms with van der Waals surface area (Å²) in [4.78, 5) is 23.2. The Hall–Kier alpha value is -3.41. The second-order valence-corrected chi connectivity index (χ2v) is 6.72. The second-order valence-electron chi connectivity index (χ2n) is 6.72. The number of amides is 1. The third-order valence-electron chi connectivity index (χ3n) is 4.45. The maximum atomic E-state index is 12.5. The van der Waals surface area contributed by atoms with Crippen LogP contribution >= 0.6 is 0 Å². The Morgan fingerprint density at radius 3 is 2.32 bits per heavy atom. The zero-order valence-electron chi connectivity index (χ0n) is 16.0. The lowest BCUT2D eigenvalue weighted by Crippen LogP contribution is -2.15. The Balaban J connectivity index is 1.99. The highest BCUT2D eigenvalue weighted by atomic mass is 16.4. The van der Waals surface area contributed by atoms with E-state index >= 15 is 0 Å². The first-order valence-corrected chi connectivity index (χ1v) is 9.19. The van der Waals surface area contributed by atoms with Gasteiger partial charge in [0.15, 0.2) is 0 Å². The van der Waals surface area contributed by atoms with Crippen LogP contribution in [0, 0.1) is 13.8 Å². The maximum Gasteiger partial charge on any atom is 0.303 e. The van der Waals surface area contributed by atoms with Gasteiger partial charge in [0, 0.05) is 18.4 Å². The number of aliphatic carboxylic acids is 1. The maximum absolute atomic E-state index is 12.5. The quantitative estimate of drug-likeness (QED) is 0.641. The van der Waals surface area contributed by atoms with Gasteiger partial charge >= 0.3 is 5.97 Å². The van der Waals surface area contributed by atoms with E-state index in [9.17, 15) is 9.59 Å². The summed E-state index contributed by atoms with van der Waals surface area (Å²) >= 11 is 0. The molecule has 1 amide bonds. The number of benzene rings is 2. The Kier molecular flexibility index (Phi) is 5.89. The van der Waals surface area contributed by atoms with Crippen LogP contribution in [0.2, 0.25) is 0 Å². The van der Waals surface area contributed by atoms with Crippen molar-refractivity contribution < 1.29 is 14.7 Å².